The van der Waals surface area contributed by atoms with Crippen molar-refractivity contribution in [3.05, 3.63) is 48.0 Å². The molecule has 6 nitrogen and oxygen atoms in total. The molecule has 0 saturated carbocycles. The summed E-state index contributed by atoms with van der Waals surface area (Å²) in [6.45, 7) is 2.09. The van der Waals surface area contributed by atoms with Crippen LogP contribution >= 0.6 is 0 Å². The van der Waals surface area contributed by atoms with Gasteiger partial charge in [0.15, 0.2) is 0 Å². The van der Waals surface area contributed by atoms with Crippen LogP contribution in [0, 0.1) is 0 Å². The fourth-order valence-corrected chi connectivity index (χ4v) is 1.80. The number of aromatic nitrogens is 2. The molecule has 110 valence electrons. The number of rotatable bonds is 6. The monoisotopic (exact) mass is 287 g/mol. The Morgan fingerprint density at radius 1 is 1.29 bits per heavy atom. The molecule has 2 rings (SSSR count). The molecule has 1 heterocycles. The van der Waals surface area contributed by atoms with Gasteiger partial charge in [-0.15, -0.1) is 0 Å². The topological polar surface area (TPSA) is 84.1 Å². The van der Waals surface area contributed by atoms with E-state index in [1.54, 1.807) is 43.7 Å². The third-order valence-corrected chi connectivity index (χ3v) is 2.86. The Bertz CT molecular complexity index is 591. The molecule has 0 spiro atoms. The normalized spacial score (nSPS) is 10.1. The number of hydrogen-bond donors (Lipinski definition) is 2. The Balaban J connectivity index is 1.85. The maximum Gasteiger partial charge on any atom is 0.338 e. The number of carbonyl (C=O) groups is 2. The van der Waals surface area contributed by atoms with E-state index < -0.39 is 0 Å². The first-order valence-electron chi connectivity index (χ1n) is 6.73. The minimum absolute atomic E-state index is 0.0894. The number of aryl methyl sites for hydroxylation is 1. The number of ether oxygens (including phenoxy) is 1. The van der Waals surface area contributed by atoms with E-state index in [9.17, 15) is 9.59 Å². The van der Waals surface area contributed by atoms with Crippen LogP contribution in [0.25, 0.3) is 0 Å². The summed E-state index contributed by atoms with van der Waals surface area (Å²) < 4.78 is 4.89. The number of H-pyrrole nitrogens is 1. The van der Waals surface area contributed by atoms with Gasteiger partial charge in [0, 0.05) is 24.0 Å². The molecule has 2 N–H and O–H groups in total. The van der Waals surface area contributed by atoms with Crippen LogP contribution in [-0.2, 0) is 16.0 Å². The Kier molecular flexibility index (Phi) is 5.09. The molecule has 0 saturated heterocycles. The summed E-state index contributed by atoms with van der Waals surface area (Å²) >= 11 is 0. The van der Waals surface area contributed by atoms with Crippen molar-refractivity contribution in [2.45, 2.75) is 19.8 Å². The molecular formula is C15H17N3O3. The van der Waals surface area contributed by atoms with Crippen LogP contribution < -0.4 is 5.32 Å². The predicted octanol–water partition coefficient (Wildman–Crippen LogP) is 2.16. The van der Waals surface area contributed by atoms with Crippen LogP contribution in [0.3, 0.4) is 0 Å². The predicted molar refractivity (Wildman–Crippen MR) is 77.9 cm³/mol. The molecule has 0 radical (unpaired) electrons. The van der Waals surface area contributed by atoms with Crippen molar-refractivity contribution in [1.82, 2.24) is 9.97 Å². The van der Waals surface area contributed by atoms with Crippen LogP contribution in [0.4, 0.5) is 5.69 Å². The summed E-state index contributed by atoms with van der Waals surface area (Å²) in [5.41, 5.74) is 2.03. The van der Waals surface area contributed by atoms with Gasteiger partial charge in [-0.3, -0.25) is 4.79 Å². The van der Waals surface area contributed by atoms with Crippen LogP contribution in [0.1, 0.15) is 29.4 Å². The summed E-state index contributed by atoms with van der Waals surface area (Å²) in [7, 11) is 0. The van der Waals surface area contributed by atoms with Crippen molar-refractivity contribution in [2.75, 3.05) is 11.9 Å². The number of anilines is 1. The number of benzene rings is 1. The molecular weight excluding hydrogens is 270 g/mol. The molecule has 6 heteroatoms. The third-order valence-electron chi connectivity index (χ3n) is 2.86. The summed E-state index contributed by atoms with van der Waals surface area (Å²) in [5.74, 6) is -0.455. The zero-order valence-corrected chi connectivity index (χ0v) is 11.8. The summed E-state index contributed by atoms with van der Waals surface area (Å²) in [6.07, 6.45) is 4.25. The zero-order valence-electron chi connectivity index (χ0n) is 11.8. The number of amides is 1. The largest absolute Gasteiger partial charge is 0.462 e. The molecule has 1 amide bonds. The minimum Gasteiger partial charge on any atom is -0.462 e. The number of hydrogen-bond acceptors (Lipinski definition) is 4. The van der Waals surface area contributed by atoms with Gasteiger partial charge >= 0.3 is 5.97 Å². The second-order valence-corrected chi connectivity index (χ2v) is 4.42. The highest BCUT2D eigenvalue weighted by atomic mass is 16.5. The molecule has 0 unspecified atom stereocenters. The van der Waals surface area contributed by atoms with E-state index >= 15 is 0 Å². The summed E-state index contributed by atoms with van der Waals surface area (Å²) in [4.78, 5) is 30.1. The highest BCUT2D eigenvalue weighted by molar-refractivity contribution is 5.93. The Hall–Kier alpha value is -2.63. The Morgan fingerprint density at radius 2 is 2.05 bits per heavy atom. The smallest absolute Gasteiger partial charge is 0.338 e. The van der Waals surface area contributed by atoms with Gasteiger partial charge < -0.3 is 15.0 Å². The Morgan fingerprint density at radius 3 is 2.67 bits per heavy atom. The van der Waals surface area contributed by atoms with Gasteiger partial charge in [0.2, 0.25) is 5.91 Å². The Labute approximate surface area is 122 Å². The molecule has 0 bridgehead atoms. The molecule has 2 aromatic rings. The lowest BCUT2D eigenvalue weighted by Gasteiger charge is -2.06. The molecule has 0 aliphatic heterocycles. The van der Waals surface area contributed by atoms with Gasteiger partial charge in [-0.1, -0.05) is 0 Å². The van der Waals surface area contributed by atoms with Crippen molar-refractivity contribution >= 4 is 17.6 Å². The zero-order chi connectivity index (χ0) is 15.1. The second kappa shape index (κ2) is 7.23. The maximum atomic E-state index is 11.8. The molecule has 0 atom stereocenters. The van der Waals surface area contributed by atoms with Crippen LogP contribution in [0.15, 0.2) is 36.8 Å². The van der Waals surface area contributed by atoms with E-state index in [2.05, 4.69) is 15.3 Å². The second-order valence-electron chi connectivity index (χ2n) is 4.42. The van der Waals surface area contributed by atoms with Crippen molar-refractivity contribution < 1.29 is 14.3 Å². The van der Waals surface area contributed by atoms with Gasteiger partial charge in [0.05, 0.1) is 18.5 Å². The lowest BCUT2D eigenvalue weighted by molar-refractivity contribution is -0.116. The molecule has 0 fully saturated rings. The van der Waals surface area contributed by atoms with Gasteiger partial charge in [-0.25, -0.2) is 9.78 Å². The quantitative estimate of drug-likeness (QED) is 0.797. The first-order chi connectivity index (χ1) is 10.2. The average Bonchev–Trinajstić information content (AvgIpc) is 2.99. The third kappa shape index (κ3) is 4.45. The highest BCUT2D eigenvalue weighted by Gasteiger charge is 2.07. The number of esters is 1. The van der Waals surface area contributed by atoms with E-state index in [0.717, 1.165) is 5.69 Å². The van der Waals surface area contributed by atoms with Crippen molar-refractivity contribution in [1.29, 1.82) is 0 Å². The number of nitrogens with one attached hydrogen (secondary N) is 2. The van der Waals surface area contributed by atoms with Gasteiger partial charge in [0.1, 0.15) is 0 Å². The number of nitrogens with zero attached hydrogens (tertiary/aromatic N) is 1. The van der Waals surface area contributed by atoms with Crippen molar-refractivity contribution in [3.63, 3.8) is 0 Å². The fourth-order valence-electron chi connectivity index (χ4n) is 1.80. The van der Waals surface area contributed by atoms with Gasteiger partial charge in [0.25, 0.3) is 0 Å². The van der Waals surface area contributed by atoms with Gasteiger partial charge in [-0.2, -0.15) is 0 Å². The SMILES string of the molecule is CCOC(=O)c1ccc(NC(=O)CCc2cnc[nH]2)cc1. The van der Waals surface area contributed by atoms with Crippen LogP contribution in [-0.4, -0.2) is 28.5 Å². The summed E-state index contributed by atoms with van der Waals surface area (Å²) in [5, 5.41) is 2.78. The molecule has 21 heavy (non-hydrogen) atoms. The number of imidazole rings is 1. The first-order valence-corrected chi connectivity index (χ1v) is 6.73. The van der Waals surface area contributed by atoms with E-state index in [1.807, 2.05) is 0 Å². The minimum atomic E-state index is -0.366. The number of carbonyl (C=O) groups excluding carboxylic acids is 2. The standard InChI is InChI=1S/C15H17N3O3/c1-2-21-15(20)11-3-5-12(6-4-11)18-14(19)8-7-13-9-16-10-17-13/h3-6,9-10H,2,7-8H2,1H3,(H,16,17)(H,18,19). The van der Waals surface area contributed by atoms with E-state index in [1.165, 1.54) is 0 Å². The number of aromatic amines is 1. The van der Waals surface area contributed by atoms with Crippen molar-refractivity contribution in [2.24, 2.45) is 0 Å². The fraction of sp³-hybridized carbons (Fsp3) is 0.267. The van der Waals surface area contributed by atoms with E-state index in [4.69, 9.17) is 4.74 Å². The molecule has 1 aromatic carbocycles. The highest BCUT2D eigenvalue weighted by Crippen LogP contribution is 2.11. The molecule has 1 aromatic heterocycles. The van der Waals surface area contributed by atoms with Crippen molar-refractivity contribution in [3.8, 4) is 0 Å². The molecule has 0 aliphatic carbocycles. The molecule has 0 aliphatic rings. The average molecular weight is 287 g/mol. The van der Waals surface area contributed by atoms with Crippen LogP contribution in [0.5, 0.6) is 0 Å². The van der Waals surface area contributed by atoms with E-state index in [-0.39, 0.29) is 11.9 Å². The lowest BCUT2D eigenvalue weighted by atomic mass is 10.2. The maximum absolute atomic E-state index is 11.8. The van der Waals surface area contributed by atoms with Crippen LogP contribution in [0.2, 0.25) is 0 Å². The summed E-state index contributed by atoms with van der Waals surface area (Å²) in [6, 6.07) is 6.62. The first kappa shape index (κ1) is 14.8. The van der Waals surface area contributed by atoms with Gasteiger partial charge in [-0.05, 0) is 37.6 Å². The van der Waals surface area contributed by atoms with E-state index in [0.29, 0.717) is 30.7 Å². The lowest BCUT2D eigenvalue weighted by Crippen LogP contribution is -2.12.